The first-order valence-electron chi connectivity index (χ1n) is 3.45. The van der Waals surface area contributed by atoms with E-state index in [0.717, 1.165) is 5.69 Å². The zero-order valence-corrected chi connectivity index (χ0v) is 6.36. The Balaban J connectivity index is 2.39. The number of aliphatic hydroxyl groups is 1. The van der Waals surface area contributed by atoms with E-state index >= 15 is 0 Å². The van der Waals surface area contributed by atoms with Gasteiger partial charge in [0.1, 0.15) is 6.23 Å². The standard InChI is InChI=1S/C7H11N3O/c1-6(11)10-5-7-4-8-2-3-9-7/h2-4,6,10-11H,5H2,1H3. The van der Waals surface area contributed by atoms with E-state index in [0.29, 0.717) is 6.54 Å². The number of nitrogens with one attached hydrogen (secondary N) is 1. The Labute approximate surface area is 65.3 Å². The van der Waals surface area contributed by atoms with Crippen LogP contribution in [0, 0.1) is 0 Å². The normalized spacial score (nSPS) is 12.9. The Morgan fingerprint density at radius 3 is 3.00 bits per heavy atom. The topological polar surface area (TPSA) is 58.0 Å². The lowest BCUT2D eigenvalue weighted by Crippen LogP contribution is -2.24. The predicted molar refractivity (Wildman–Crippen MR) is 40.6 cm³/mol. The maximum Gasteiger partial charge on any atom is 0.102 e. The molecule has 0 saturated heterocycles. The van der Waals surface area contributed by atoms with Gasteiger partial charge in [-0.05, 0) is 6.92 Å². The van der Waals surface area contributed by atoms with Crippen molar-refractivity contribution >= 4 is 0 Å². The van der Waals surface area contributed by atoms with E-state index in [9.17, 15) is 0 Å². The lowest BCUT2D eigenvalue weighted by atomic mass is 10.4. The number of nitrogens with zero attached hydrogens (tertiary/aromatic N) is 2. The number of hydrogen-bond acceptors (Lipinski definition) is 4. The van der Waals surface area contributed by atoms with Crippen LogP contribution in [-0.4, -0.2) is 21.3 Å². The van der Waals surface area contributed by atoms with E-state index in [1.165, 1.54) is 0 Å². The molecular formula is C7H11N3O. The quantitative estimate of drug-likeness (QED) is 0.595. The monoisotopic (exact) mass is 153 g/mol. The third-order valence-corrected chi connectivity index (χ3v) is 1.20. The molecule has 0 aromatic carbocycles. The first kappa shape index (κ1) is 8.10. The Bertz CT molecular complexity index is 200. The largest absolute Gasteiger partial charge is 0.379 e. The Morgan fingerprint density at radius 2 is 2.45 bits per heavy atom. The molecule has 0 aliphatic heterocycles. The zero-order chi connectivity index (χ0) is 8.10. The van der Waals surface area contributed by atoms with Gasteiger partial charge in [0.2, 0.25) is 0 Å². The lowest BCUT2D eigenvalue weighted by molar-refractivity contribution is 0.154. The van der Waals surface area contributed by atoms with Crippen molar-refractivity contribution in [1.29, 1.82) is 0 Å². The number of aromatic nitrogens is 2. The number of hydrogen-bond donors (Lipinski definition) is 2. The van der Waals surface area contributed by atoms with Crippen LogP contribution in [0.4, 0.5) is 0 Å². The van der Waals surface area contributed by atoms with Gasteiger partial charge in [0, 0.05) is 25.1 Å². The molecule has 1 aromatic heterocycles. The molecule has 0 spiro atoms. The summed E-state index contributed by atoms with van der Waals surface area (Å²) in [6.45, 7) is 2.21. The summed E-state index contributed by atoms with van der Waals surface area (Å²) >= 11 is 0. The summed E-state index contributed by atoms with van der Waals surface area (Å²) in [6, 6.07) is 0. The second-order valence-electron chi connectivity index (χ2n) is 2.25. The second kappa shape index (κ2) is 4.00. The van der Waals surface area contributed by atoms with E-state index in [4.69, 9.17) is 5.11 Å². The van der Waals surface area contributed by atoms with Crippen molar-refractivity contribution in [2.75, 3.05) is 0 Å². The number of aliphatic hydroxyl groups excluding tert-OH is 1. The molecule has 0 aliphatic carbocycles. The summed E-state index contributed by atoms with van der Waals surface area (Å²) < 4.78 is 0. The van der Waals surface area contributed by atoms with Gasteiger partial charge in [0.25, 0.3) is 0 Å². The molecule has 0 saturated carbocycles. The molecular weight excluding hydrogens is 142 g/mol. The van der Waals surface area contributed by atoms with Gasteiger partial charge in [-0.3, -0.25) is 15.3 Å². The van der Waals surface area contributed by atoms with Crippen molar-refractivity contribution in [3.63, 3.8) is 0 Å². The smallest absolute Gasteiger partial charge is 0.102 e. The van der Waals surface area contributed by atoms with Crippen LogP contribution in [0.3, 0.4) is 0 Å². The molecule has 2 N–H and O–H groups in total. The van der Waals surface area contributed by atoms with Crippen molar-refractivity contribution in [2.24, 2.45) is 0 Å². The molecule has 1 aromatic rings. The van der Waals surface area contributed by atoms with Crippen LogP contribution in [0.25, 0.3) is 0 Å². The highest BCUT2D eigenvalue weighted by Crippen LogP contribution is 1.88. The summed E-state index contributed by atoms with van der Waals surface area (Å²) in [7, 11) is 0. The minimum atomic E-state index is -0.503. The van der Waals surface area contributed by atoms with Gasteiger partial charge in [-0.25, -0.2) is 0 Å². The van der Waals surface area contributed by atoms with Gasteiger partial charge >= 0.3 is 0 Å². The molecule has 1 atom stereocenters. The van der Waals surface area contributed by atoms with Crippen LogP contribution < -0.4 is 5.32 Å². The van der Waals surface area contributed by atoms with Crippen molar-refractivity contribution < 1.29 is 5.11 Å². The van der Waals surface area contributed by atoms with Gasteiger partial charge in [-0.15, -0.1) is 0 Å². The summed E-state index contributed by atoms with van der Waals surface area (Å²) in [4.78, 5) is 7.89. The van der Waals surface area contributed by atoms with Crippen LogP contribution in [0.1, 0.15) is 12.6 Å². The second-order valence-corrected chi connectivity index (χ2v) is 2.25. The summed E-state index contributed by atoms with van der Waals surface area (Å²) in [5, 5.41) is 11.7. The van der Waals surface area contributed by atoms with E-state index in [1.807, 2.05) is 0 Å². The van der Waals surface area contributed by atoms with Crippen molar-refractivity contribution in [2.45, 2.75) is 19.7 Å². The maximum atomic E-state index is 8.85. The minimum absolute atomic E-state index is 0.503. The van der Waals surface area contributed by atoms with Crippen LogP contribution in [0.15, 0.2) is 18.6 Å². The average molecular weight is 153 g/mol. The highest BCUT2D eigenvalue weighted by Gasteiger charge is 1.95. The van der Waals surface area contributed by atoms with Crippen molar-refractivity contribution in [3.05, 3.63) is 24.3 Å². The maximum absolute atomic E-state index is 8.85. The molecule has 0 radical (unpaired) electrons. The molecule has 0 fully saturated rings. The fourth-order valence-corrected chi connectivity index (χ4v) is 0.674. The molecule has 0 aliphatic rings. The molecule has 0 amide bonds. The van der Waals surface area contributed by atoms with Crippen molar-refractivity contribution in [3.8, 4) is 0 Å². The Hall–Kier alpha value is -1.00. The first-order chi connectivity index (χ1) is 5.29. The molecule has 11 heavy (non-hydrogen) atoms. The van der Waals surface area contributed by atoms with Gasteiger partial charge in [-0.1, -0.05) is 0 Å². The van der Waals surface area contributed by atoms with Gasteiger partial charge in [-0.2, -0.15) is 0 Å². The van der Waals surface area contributed by atoms with Gasteiger partial charge in [0.05, 0.1) is 5.69 Å². The molecule has 4 nitrogen and oxygen atoms in total. The molecule has 60 valence electrons. The zero-order valence-electron chi connectivity index (χ0n) is 6.36. The fourth-order valence-electron chi connectivity index (χ4n) is 0.674. The van der Waals surface area contributed by atoms with Gasteiger partial charge in [0.15, 0.2) is 0 Å². The predicted octanol–water partition coefficient (Wildman–Crippen LogP) is -0.0955. The van der Waals surface area contributed by atoms with Crippen LogP contribution >= 0.6 is 0 Å². The first-order valence-corrected chi connectivity index (χ1v) is 3.45. The molecule has 0 bridgehead atoms. The van der Waals surface area contributed by atoms with E-state index in [-0.39, 0.29) is 0 Å². The Kier molecular flexibility index (Phi) is 2.95. The number of rotatable bonds is 3. The third-order valence-electron chi connectivity index (χ3n) is 1.20. The minimum Gasteiger partial charge on any atom is -0.379 e. The fraction of sp³-hybridized carbons (Fsp3) is 0.429. The highest BCUT2D eigenvalue weighted by molar-refractivity contribution is 4.93. The SMILES string of the molecule is CC(O)NCc1cnccn1. The van der Waals surface area contributed by atoms with Crippen LogP contribution in [0.5, 0.6) is 0 Å². The molecule has 1 unspecified atom stereocenters. The van der Waals surface area contributed by atoms with Crippen LogP contribution in [-0.2, 0) is 6.54 Å². The van der Waals surface area contributed by atoms with E-state index in [1.54, 1.807) is 25.5 Å². The van der Waals surface area contributed by atoms with E-state index in [2.05, 4.69) is 15.3 Å². The summed E-state index contributed by atoms with van der Waals surface area (Å²) in [5.41, 5.74) is 0.827. The van der Waals surface area contributed by atoms with Gasteiger partial charge < -0.3 is 5.11 Å². The molecule has 1 rings (SSSR count). The third kappa shape index (κ3) is 3.06. The Morgan fingerprint density at radius 1 is 1.64 bits per heavy atom. The van der Waals surface area contributed by atoms with E-state index < -0.39 is 6.23 Å². The lowest BCUT2D eigenvalue weighted by Gasteiger charge is -2.04. The summed E-state index contributed by atoms with van der Waals surface area (Å²) in [5.74, 6) is 0. The summed E-state index contributed by atoms with van der Waals surface area (Å²) in [6.07, 6.45) is 4.40. The highest BCUT2D eigenvalue weighted by atomic mass is 16.3. The van der Waals surface area contributed by atoms with Crippen molar-refractivity contribution in [1.82, 2.24) is 15.3 Å². The van der Waals surface area contributed by atoms with Crippen LogP contribution in [0.2, 0.25) is 0 Å². The molecule has 4 heteroatoms. The molecule has 1 heterocycles. The average Bonchev–Trinajstić information content (AvgIpc) is 2.03.